The van der Waals surface area contributed by atoms with Gasteiger partial charge in [0.25, 0.3) is 5.91 Å². The second kappa shape index (κ2) is 9.27. The second-order valence-corrected chi connectivity index (χ2v) is 6.95. The van der Waals surface area contributed by atoms with Gasteiger partial charge in [-0.3, -0.25) is 4.79 Å². The lowest BCUT2D eigenvalue weighted by molar-refractivity contribution is 0.0955. The molecular formula is C22H16ClFN6O. The van der Waals surface area contributed by atoms with Crippen molar-refractivity contribution in [3.63, 3.8) is 0 Å². The number of nitrogens with zero attached hydrogens (tertiary/aromatic N) is 5. The molecule has 0 bridgehead atoms. The molecule has 4 rings (SSSR count). The molecule has 1 amide bonds. The van der Waals surface area contributed by atoms with Crippen LogP contribution in [0.4, 0.5) is 4.39 Å². The van der Waals surface area contributed by atoms with E-state index < -0.39 is 11.7 Å². The molecule has 4 aromatic rings. The molecule has 0 saturated heterocycles. The number of aromatic nitrogens is 4. The minimum atomic E-state index is -0.521. The lowest BCUT2D eigenvalue weighted by Crippen LogP contribution is -2.17. The molecule has 0 unspecified atom stereocenters. The monoisotopic (exact) mass is 434 g/mol. The Balaban J connectivity index is 1.37. The van der Waals surface area contributed by atoms with E-state index in [1.165, 1.54) is 23.1 Å². The van der Waals surface area contributed by atoms with E-state index in [-0.39, 0.29) is 10.6 Å². The summed E-state index contributed by atoms with van der Waals surface area (Å²) in [5, 5.41) is 16.5. The molecule has 0 radical (unpaired) electrons. The third-order valence-electron chi connectivity index (χ3n) is 4.38. The van der Waals surface area contributed by atoms with Gasteiger partial charge in [-0.05, 0) is 35.0 Å². The highest BCUT2D eigenvalue weighted by Crippen LogP contribution is 2.16. The van der Waals surface area contributed by atoms with Crippen LogP contribution in [0.3, 0.4) is 0 Å². The summed E-state index contributed by atoms with van der Waals surface area (Å²) < 4.78 is 13.7. The van der Waals surface area contributed by atoms with Crippen LogP contribution >= 0.6 is 11.6 Å². The Bertz CT molecular complexity index is 1200. The number of nitrogens with one attached hydrogen (secondary N) is 1. The molecule has 154 valence electrons. The summed E-state index contributed by atoms with van der Waals surface area (Å²) in [7, 11) is 0. The third-order valence-corrected chi connectivity index (χ3v) is 4.71. The van der Waals surface area contributed by atoms with E-state index in [4.69, 9.17) is 11.6 Å². The fraction of sp³-hybridized carbons (Fsp3) is 0.0455. The fourth-order valence-electron chi connectivity index (χ4n) is 2.79. The van der Waals surface area contributed by atoms with E-state index in [1.54, 1.807) is 30.3 Å². The molecule has 1 heterocycles. The molecule has 1 aromatic heterocycles. The molecule has 0 fully saturated rings. The van der Waals surface area contributed by atoms with E-state index in [9.17, 15) is 9.18 Å². The Morgan fingerprint density at radius 1 is 1.06 bits per heavy atom. The lowest BCUT2D eigenvalue weighted by Gasteiger charge is -2.03. The average molecular weight is 435 g/mol. The second-order valence-electron chi connectivity index (χ2n) is 6.54. The molecule has 1 N–H and O–H groups in total. The van der Waals surface area contributed by atoms with Crippen LogP contribution in [0, 0.1) is 5.82 Å². The number of rotatable bonds is 6. The Labute approximate surface area is 182 Å². The van der Waals surface area contributed by atoms with Gasteiger partial charge in [-0.25, -0.2) is 9.82 Å². The number of amides is 1. The number of hydrogen-bond donors (Lipinski definition) is 1. The molecule has 0 aliphatic carbocycles. The average Bonchev–Trinajstić information content (AvgIpc) is 3.25. The third kappa shape index (κ3) is 4.99. The normalized spacial score (nSPS) is 11.0. The van der Waals surface area contributed by atoms with Crippen LogP contribution < -0.4 is 5.43 Å². The van der Waals surface area contributed by atoms with Gasteiger partial charge in [-0.2, -0.15) is 9.90 Å². The van der Waals surface area contributed by atoms with Crippen LogP contribution in [0.2, 0.25) is 5.02 Å². The van der Waals surface area contributed by atoms with Crippen molar-refractivity contribution in [3.05, 3.63) is 100 Å². The zero-order valence-corrected chi connectivity index (χ0v) is 16.9. The van der Waals surface area contributed by atoms with Crippen LogP contribution in [0.15, 0.2) is 77.9 Å². The van der Waals surface area contributed by atoms with Crippen molar-refractivity contribution >= 4 is 23.7 Å². The maximum absolute atomic E-state index is 13.7. The number of hydrogen-bond acceptors (Lipinski definition) is 5. The quantitative estimate of drug-likeness (QED) is 0.368. The summed E-state index contributed by atoms with van der Waals surface area (Å²) in [6.45, 7) is 0.408. The molecule has 3 aromatic carbocycles. The number of tetrazole rings is 1. The van der Waals surface area contributed by atoms with Gasteiger partial charge in [0.05, 0.1) is 17.8 Å². The predicted octanol–water partition coefficient (Wildman–Crippen LogP) is 3.94. The molecule has 7 nitrogen and oxygen atoms in total. The molecular weight excluding hydrogens is 419 g/mol. The topological polar surface area (TPSA) is 85.1 Å². The van der Waals surface area contributed by atoms with E-state index in [2.05, 4.69) is 25.9 Å². The summed E-state index contributed by atoms with van der Waals surface area (Å²) in [5.41, 5.74) is 4.65. The van der Waals surface area contributed by atoms with Gasteiger partial charge in [0.2, 0.25) is 5.82 Å². The van der Waals surface area contributed by atoms with E-state index >= 15 is 0 Å². The lowest BCUT2D eigenvalue weighted by atomic mass is 10.1. The van der Waals surface area contributed by atoms with Gasteiger partial charge < -0.3 is 0 Å². The standard InChI is InChI=1S/C22H16ClFN6O/c23-19-7-4-8-20(24)18(19)13-25-27-22(31)17-11-9-15(10-12-17)14-30-28-21(26-29-30)16-5-2-1-3-6-16/h1-13H,14H2,(H,27,31). The zero-order chi connectivity index (χ0) is 21.6. The maximum Gasteiger partial charge on any atom is 0.271 e. The highest BCUT2D eigenvalue weighted by molar-refractivity contribution is 6.33. The molecule has 0 aliphatic rings. The van der Waals surface area contributed by atoms with Crippen molar-refractivity contribution in [2.45, 2.75) is 6.54 Å². The molecule has 31 heavy (non-hydrogen) atoms. The van der Waals surface area contributed by atoms with Gasteiger partial charge >= 0.3 is 0 Å². The van der Waals surface area contributed by atoms with Crippen molar-refractivity contribution in [1.29, 1.82) is 0 Å². The minimum absolute atomic E-state index is 0.106. The van der Waals surface area contributed by atoms with Gasteiger partial charge in [-0.1, -0.05) is 60.1 Å². The zero-order valence-electron chi connectivity index (χ0n) is 16.1. The first-order valence-electron chi connectivity index (χ1n) is 9.30. The highest BCUT2D eigenvalue weighted by Gasteiger charge is 2.08. The van der Waals surface area contributed by atoms with Crippen LogP contribution in [0.1, 0.15) is 21.5 Å². The van der Waals surface area contributed by atoms with Crippen molar-refractivity contribution in [1.82, 2.24) is 25.6 Å². The van der Waals surface area contributed by atoms with Gasteiger partial charge in [0.1, 0.15) is 5.82 Å². The number of halogens is 2. The van der Waals surface area contributed by atoms with Crippen molar-refractivity contribution in [2.75, 3.05) is 0 Å². The number of benzene rings is 3. The number of carbonyl (C=O) groups excluding carboxylic acids is 1. The van der Waals surface area contributed by atoms with E-state index in [0.29, 0.717) is 17.9 Å². The van der Waals surface area contributed by atoms with Crippen molar-refractivity contribution in [3.8, 4) is 11.4 Å². The highest BCUT2D eigenvalue weighted by atomic mass is 35.5. The van der Waals surface area contributed by atoms with Crippen LogP contribution in [-0.4, -0.2) is 32.3 Å². The molecule has 0 spiro atoms. The van der Waals surface area contributed by atoms with Gasteiger partial charge in [-0.15, -0.1) is 10.2 Å². The Morgan fingerprint density at radius 2 is 1.84 bits per heavy atom. The van der Waals surface area contributed by atoms with Crippen LogP contribution in [-0.2, 0) is 6.54 Å². The molecule has 0 saturated carbocycles. The summed E-state index contributed by atoms with van der Waals surface area (Å²) in [6, 6.07) is 20.8. The summed E-state index contributed by atoms with van der Waals surface area (Å²) in [4.78, 5) is 13.7. The van der Waals surface area contributed by atoms with Crippen LogP contribution in [0.25, 0.3) is 11.4 Å². The molecule has 0 atom stereocenters. The van der Waals surface area contributed by atoms with E-state index in [1.807, 2.05) is 30.3 Å². The number of hydrazone groups is 1. The van der Waals surface area contributed by atoms with Crippen LogP contribution in [0.5, 0.6) is 0 Å². The first-order valence-corrected chi connectivity index (χ1v) is 9.67. The Hall–Kier alpha value is -3.91. The largest absolute Gasteiger partial charge is 0.271 e. The first kappa shape index (κ1) is 20.4. The van der Waals surface area contributed by atoms with Gasteiger partial charge in [0.15, 0.2) is 0 Å². The molecule has 9 heteroatoms. The Kier molecular flexibility index (Phi) is 6.09. The number of carbonyl (C=O) groups is 1. The summed E-state index contributed by atoms with van der Waals surface area (Å²) in [5.74, 6) is -0.406. The molecule has 0 aliphatic heterocycles. The van der Waals surface area contributed by atoms with Crippen molar-refractivity contribution in [2.24, 2.45) is 5.10 Å². The SMILES string of the molecule is O=C(NN=Cc1c(F)cccc1Cl)c1ccc(Cn2nnc(-c3ccccc3)n2)cc1. The summed E-state index contributed by atoms with van der Waals surface area (Å²) in [6.07, 6.45) is 1.17. The fourth-order valence-corrected chi connectivity index (χ4v) is 3.00. The summed E-state index contributed by atoms with van der Waals surface area (Å²) >= 11 is 5.92. The van der Waals surface area contributed by atoms with E-state index in [0.717, 1.165) is 11.1 Å². The predicted molar refractivity (Wildman–Crippen MR) is 115 cm³/mol. The van der Waals surface area contributed by atoms with Gasteiger partial charge in [0, 0.05) is 16.7 Å². The smallest absolute Gasteiger partial charge is 0.267 e. The first-order chi connectivity index (χ1) is 15.1. The van der Waals surface area contributed by atoms with Crippen molar-refractivity contribution < 1.29 is 9.18 Å². The minimum Gasteiger partial charge on any atom is -0.267 e. The maximum atomic E-state index is 13.7. The Morgan fingerprint density at radius 3 is 2.58 bits per heavy atom.